The Morgan fingerprint density at radius 2 is 2.41 bits per heavy atom. The molecule has 1 aliphatic heterocycles. The van der Waals surface area contributed by atoms with Crippen molar-refractivity contribution in [2.75, 3.05) is 13.2 Å². The molecule has 17 heavy (non-hydrogen) atoms. The molecule has 94 valence electrons. The summed E-state index contributed by atoms with van der Waals surface area (Å²) in [5, 5.41) is 4.32. The molecule has 2 atom stereocenters. The van der Waals surface area contributed by atoms with E-state index < -0.39 is 0 Å². The lowest BCUT2D eigenvalue weighted by molar-refractivity contribution is 0.103. The summed E-state index contributed by atoms with van der Waals surface area (Å²) in [4.78, 5) is 0. The van der Waals surface area contributed by atoms with Gasteiger partial charge in [-0.25, -0.2) is 0 Å². The van der Waals surface area contributed by atoms with E-state index in [0.717, 1.165) is 24.6 Å². The van der Waals surface area contributed by atoms with Crippen LogP contribution in [0.2, 0.25) is 5.02 Å². The fraction of sp³-hybridized carbons (Fsp3) is 0.571. The van der Waals surface area contributed by atoms with Gasteiger partial charge in [0.25, 0.3) is 0 Å². The highest BCUT2D eigenvalue weighted by Gasteiger charge is 2.15. The minimum absolute atomic E-state index is 0.343. The fourth-order valence-corrected chi connectivity index (χ4v) is 2.43. The van der Waals surface area contributed by atoms with Gasteiger partial charge in [-0.05, 0) is 50.4 Å². The number of hydrogen-bond donors (Lipinski definition) is 1. The molecule has 0 radical (unpaired) electrons. The molecule has 2 rings (SSSR count). The number of nitrogens with one attached hydrogen (secondary N) is 1. The SMILES string of the molecule is C[C@H](NCCC1CCCO1)c1cccc(Cl)c1. The topological polar surface area (TPSA) is 21.3 Å². The van der Waals surface area contributed by atoms with E-state index in [2.05, 4.69) is 18.3 Å². The molecule has 0 bridgehead atoms. The molecule has 0 aromatic heterocycles. The van der Waals surface area contributed by atoms with Crippen molar-refractivity contribution in [1.82, 2.24) is 5.32 Å². The van der Waals surface area contributed by atoms with Gasteiger partial charge in [0.05, 0.1) is 6.10 Å². The van der Waals surface area contributed by atoms with Gasteiger partial charge in [-0.2, -0.15) is 0 Å². The molecule has 1 fully saturated rings. The Morgan fingerprint density at radius 3 is 3.12 bits per heavy atom. The quantitative estimate of drug-likeness (QED) is 0.866. The zero-order valence-electron chi connectivity index (χ0n) is 10.3. The third-order valence-corrected chi connectivity index (χ3v) is 3.52. The second kappa shape index (κ2) is 6.39. The van der Waals surface area contributed by atoms with Crippen molar-refractivity contribution in [2.45, 2.75) is 38.3 Å². The summed E-state index contributed by atoms with van der Waals surface area (Å²) < 4.78 is 5.60. The first-order valence-corrected chi connectivity index (χ1v) is 6.74. The Hall–Kier alpha value is -0.570. The normalized spacial score (nSPS) is 21.6. The summed E-state index contributed by atoms with van der Waals surface area (Å²) in [6.07, 6.45) is 4.00. The molecule has 1 aromatic carbocycles. The predicted molar refractivity (Wildman–Crippen MR) is 71.5 cm³/mol. The Balaban J connectivity index is 1.74. The van der Waals surface area contributed by atoms with Crippen LogP contribution in [-0.4, -0.2) is 19.3 Å². The number of hydrogen-bond acceptors (Lipinski definition) is 2. The number of ether oxygens (including phenoxy) is 1. The molecule has 1 aromatic rings. The summed E-state index contributed by atoms with van der Waals surface area (Å²) in [5.74, 6) is 0. The Bertz CT molecular complexity index is 350. The smallest absolute Gasteiger partial charge is 0.0588 e. The van der Waals surface area contributed by atoms with Crippen LogP contribution in [0.5, 0.6) is 0 Å². The van der Waals surface area contributed by atoms with Crippen LogP contribution in [0.15, 0.2) is 24.3 Å². The number of rotatable bonds is 5. The van der Waals surface area contributed by atoms with Crippen LogP contribution in [0, 0.1) is 0 Å². The minimum Gasteiger partial charge on any atom is -0.378 e. The van der Waals surface area contributed by atoms with Crippen molar-refractivity contribution in [1.29, 1.82) is 0 Å². The molecule has 0 aliphatic carbocycles. The van der Waals surface area contributed by atoms with Crippen molar-refractivity contribution in [2.24, 2.45) is 0 Å². The molecular formula is C14H20ClNO. The monoisotopic (exact) mass is 253 g/mol. The van der Waals surface area contributed by atoms with Gasteiger partial charge >= 0.3 is 0 Å². The van der Waals surface area contributed by atoms with Gasteiger partial charge in [0.15, 0.2) is 0 Å². The lowest BCUT2D eigenvalue weighted by atomic mass is 10.1. The molecule has 1 heterocycles. The average molecular weight is 254 g/mol. The molecule has 1 N–H and O–H groups in total. The number of halogens is 1. The zero-order chi connectivity index (χ0) is 12.1. The highest BCUT2D eigenvalue weighted by atomic mass is 35.5. The Morgan fingerprint density at radius 1 is 1.53 bits per heavy atom. The standard InChI is InChI=1S/C14H20ClNO/c1-11(12-4-2-5-13(15)10-12)16-8-7-14-6-3-9-17-14/h2,4-5,10-11,14,16H,3,6-9H2,1H3/t11-,14?/m0/s1. The molecule has 2 nitrogen and oxygen atoms in total. The molecule has 1 saturated heterocycles. The van der Waals surface area contributed by atoms with Gasteiger partial charge in [-0.3, -0.25) is 0 Å². The van der Waals surface area contributed by atoms with E-state index in [1.54, 1.807) is 0 Å². The van der Waals surface area contributed by atoms with Gasteiger partial charge < -0.3 is 10.1 Å². The average Bonchev–Trinajstić information content (AvgIpc) is 2.82. The van der Waals surface area contributed by atoms with Gasteiger partial charge in [-0.15, -0.1) is 0 Å². The van der Waals surface area contributed by atoms with Gasteiger partial charge in [0.1, 0.15) is 0 Å². The van der Waals surface area contributed by atoms with E-state index in [9.17, 15) is 0 Å². The van der Waals surface area contributed by atoms with E-state index in [1.807, 2.05) is 18.2 Å². The van der Waals surface area contributed by atoms with Crippen molar-refractivity contribution >= 4 is 11.6 Å². The molecule has 0 saturated carbocycles. The van der Waals surface area contributed by atoms with Crippen LogP contribution < -0.4 is 5.32 Å². The first-order chi connectivity index (χ1) is 8.25. The fourth-order valence-electron chi connectivity index (χ4n) is 2.23. The highest BCUT2D eigenvalue weighted by Crippen LogP contribution is 2.18. The van der Waals surface area contributed by atoms with E-state index in [4.69, 9.17) is 16.3 Å². The van der Waals surface area contributed by atoms with Crippen LogP contribution in [-0.2, 0) is 4.74 Å². The zero-order valence-corrected chi connectivity index (χ0v) is 11.0. The first-order valence-electron chi connectivity index (χ1n) is 6.36. The summed E-state index contributed by atoms with van der Waals surface area (Å²) in [6.45, 7) is 4.11. The highest BCUT2D eigenvalue weighted by molar-refractivity contribution is 6.30. The van der Waals surface area contributed by atoms with E-state index in [1.165, 1.54) is 18.4 Å². The van der Waals surface area contributed by atoms with Gasteiger partial charge in [0, 0.05) is 17.7 Å². The van der Waals surface area contributed by atoms with Gasteiger partial charge in [-0.1, -0.05) is 23.7 Å². The Labute approximate surface area is 108 Å². The summed E-state index contributed by atoms with van der Waals surface area (Å²) in [6, 6.07) is 8.37. The molecule has 0 amide bonds. The first kappa shape index (κ1) is 12.9. The maximum absolute atomic E-state index is 5.98. The number of benzene rings is 1. The van der Waals surface area contributed by atoms with E-state index >= 15 is 0 Å². The largest absolute Gasteiger partial charge is 0.378 e. The predicted octanol–water partition coefficient (Wildman–Crippen LogP) is 3.56. The van der Waals surface area contributed by atoms with Crippen molar-refractivity contribution in [3.8, 4) is 0 Å². The molecule has 1 unspecified atom stereocenters. The minimum atomic E-state index is 0.343. The van der Waals surface area contributed by atoms with Crippen molar-refractivity contribution in [3.63, 3.8) is 0 Å². The van der Waals surface area contributed by atoms with Crippen molar-refractivity contribution in [3.05, 3.63) is 34.9 Å². The van der Waals surface area contributed by atoms with Crippen LogP contribution in [0.4, 0.5) is 0 Å². The third-order valence-electron chi connectivity index (χ3n) is 3.29. The van der Waals surface area contributed by atoms with E-state index in [-0.39, 0.29) is 0 Å². The third kappa shape index (κ3) is 3.98. The summed E-state index contributed by atoms with van der Waals surface area (Å²) in [5.41, 5.74) is 1.24. The van der Waals surface area contributed by atoms with Crippen LogP contribution >= 0.6 is 11.6 Å². The molecular weight excluding hydrogens is 234 g/mol. The van der Waals surface area contributed by atoms with Crippen LogP contribution in [0.3, 0.4) is 0 Å². The molecule has 1 aliphatic rings. The molecule has 0 spiro atoms. The second-order valence-electron chi connectivity index (χ2n) is 4.65. The maximum atomic E-state index is 5.98. The van der Waals surface area contributed by atoms with E-state index in [0.29, 0.717) is 12.1 Å². The van der Waals surface area contributed by atoms with Gasteiger partial charge in [0.2, 0.25) is 0 Å². The lowest BCUT2D eigenvalue weighted by Crippen LogP contribution is -2.23. The second-order valence-corrected chi connectivity index (χ2v) is 5.09. The lowest BCUT2D eigenvalue weighted by Gasteiger charge is -2.16. The Kier molecular flexibility index (Phi) is 4.84. The summed E-state index contributed by atoms with van der Waals surface area (Å²) >= 11 is 5.98. The van der Waals surface area contributed by atoms with Crippen molar-refractivity contribution < 1.29 is 4.74 Å². The maximum Gasteiger partial charge on any atom is 0.0588 e. The summed E-state index contributed by atoms with van der Waals surface area (Å²) in [7, 11) is 0. The molecule has 3 heteroatoms. The van der Waals surface area contributed by atoms with Crippen LogP contribution in [0.25, 0.3) is 0 Å². The van der Waals surface area contributed by atoms with Crippen LogP contribution in [0.1, 0.15) is 37.8 Å².